The van der Waals surface area contributed by atoms with Gasteiger partial charge in [-0.1, -0.05) is 25.4 Å². The Morgan fingerprint density at radius 1 is 1.30 bits per heavy atom. The van der Waals surface area contributed by atoms with Gasteiger partial charge in [-0.2, -0.15) is 5.26 Å². The maximum Gasteiger partial charge on any atom is 0.161 e. The van der Waals surface area contributed by atoms with E-state index in [2.05, 4.69) is 29.9 Å². The molecule has 0 radical (unpaired) electrons. The van der Waals surface area contributed by atoms with Crippen molar-refractivity contribution >= 4 is 28.3 Å². The second-order valence-corrected chi connectivity index (χ2v) is 6.19. The number of nitriles is 1. The molecule has 0 saturated carbocycles. The van der Waals surface area contributed by atoms with E-state index in [0.717, 1.165) is 22.9 Å². The van der Waals surface area contributed by atoms with Gasteiger partial charge in [0.25, 0.3) is 0 Å². The Labute approximate surface area is 139 Å². The van der Waals surface area contributed by atoms with Crippen LogP contribution >= 0.6 is 11.6 Å². The number of fused-ring (bicyclic) bond motifs is 1. The zero-order chi connectivity index (χ0) is 16.6. The van der Waals surface area contributed by atoms with Gasteiger partial charge >= 0.3 is 0 Å². The average Bonchev–Trinajstić information content (AvgIpc) is 2.94. The Morgan fingerprint density at radius 3 is 2.78 bits per heavy atom. The molecular formula is C17H16ClN5. The number of halogens is 1. The number of nitrogen functional groups attached to an aromatic ring is 1. The minimum absolute atomic E-state index is 0.245. The molecule has 0 bridgehead atoms. The fourth-order valence-electron chi connectivity index (χ4n) is 2.74. The van der Waals surface area contributed by atoms with Crippen LogP contribution in [0.4, 0.5) is 5.82 Å². The van der Waals surface area contributed by atoms with Crippen molar-refractivity contribution in [3.63, 3.8) is 0 Å². The van der Waals surface area contributed by atoms with Crippen LogP contribution in [-0.4, -0.2) is 14.5 Å². The number of nitrogens with zero attached hydrogens (tertiary/aromatic N) is 4. The molecule has 0 saturated heterocycles. The minimum Gasteiger partial charge on any atom is -0.382 e. The highest BCUT2D eigenvalue weighted by Crippen LogP contribution is 2.30. The van der Waals surface area contributed by atoms with Crippen LogP contribution < -0.4 is 5.73 Å². The Balaban J connectivity index is 2.26. The summed E-state index contributed by atoms with van der Waals surface area (Å²) in [6, 6.07) is 8.02. The summed E-state index contributed by atoms with van der Waals surface area (Å²) in [5.41, 5.74) is 8.48. The molecular weight excluding hydrogens is 310 g/mol. The van der Waals surface area contributed by atoms with Gasteiger partial charge in [0.05, 0.1) is 17.1 Å². The van der Waals surface area contributed by atoms with Crippen molar-refractivity contribution in [2.24, 2.45) is 5.92 Å². The fourth-order valence-corrected chi connectivity index (χ4v) is 2.93. The fraction of sp³-hybridized carbons (Fsp3) is 0.235. The summed E-state index contributed by atoms with van der Waals surface area (Å²) in [6.45, 7) is 4.28. The van der Waals surface area contributed by atoms with Crippen LogP contribution in [0.5, 0.6) is 0 Å². The van der Waals surface area contributed by atoms with Crippen LogP contribution in [0.15, 0.2) is 30.7 Å². The topological polar surface area (TPSA) is 80.5 Å². The lowest BCUT2D eigenvalue weighted by Crippen LogP contribution is -2.03. The van der Waals surface area contributed by atoms with Gasteiger partial charge in [0.15, 0.2) is 5.82 Å². The monoisotopic (exact) mass is 325 g/mol. The van der Waals surface area contributed by atoms with E-state index in [-0.39, 0.29) is 5.82 Å². The predicted molar refractivity (Wildman–Crippen MR) is 91.5 cm³/mol. The second kappa shape index (κ2) is 5.90. The average molecular weight is 326 g/mol. The van der Waals surface area contributed by atoms with E-state index in [1.165, 1.54) is 6.33 Å². The van der Waals surface area contributed by atoms with Crippen molar-refractivity contribution in [3.05, 3.63) is 46.9 Å². The summed E-state index contributed by atoms with van der Waals surface area (Å²) in [5, 5.41) is 10.7. The van der Waals surface area contributed by atoms with Gasteiger partial charge in [0.2, 0.25) is 0 Å². The van der Waals surface area contributed by atoms with E-state index < -0.39 is 0 Å². The molecule has 1 aromatic carbocycles. The maximum absolute atomic E-state index is 9.38. The van der Waals surface area contributed by atoms with Crippen molar-refractivity contribution in [2.45, 2.75) is 20.3 Å². The number of hydrogen-bond donors (Lipinski definition) is 1. The van der Waals surface area contributed by atoms with Crippen LogP contribution in [0.2, 0.25) is 5.02 Å². The number of benzene rings is 1. The van der Waals surface area contributed by atoms with Gasteiger partial charge < -0.3 is 5.73 Å². The van der Waals surface area contributed by atoms with Gasteiger partial charge in [-0.05, 0) is 36.1 Å². The maximum atomic E-state index is 9.38. The molecule has 5 nitrogen and oxygen atoms in total. The van der Waals surface area contributed by atoms with Crippen LogP contribution in [0.1, 0.15) is 25.0 Å². The highest BCUT2D eigenvalue weighted by molar-refractivity contribution is 6.34. The first kappa shape index (κ1) is 15.3. The SMILES string of the molecule is CC(C)Cc1c(C#N)ccc2c1ccn2-c1ncnc(N)c1Cl. The van der Waals surface area contributed by atoms with Crippen molar-refractivity contribution < 1.29 is 0 Å². The number of rotatable bonds is 3. The predicted octanol–water partition coefficient (Wildman–Crippen LogP) is 3.73. The minimum atomic E-state index is 0.245. The Morgan fingerprint density at radius 2 is 2.09 bits per heavy atom. The summed E-state index contributed by atoms with van der Waals surface area (Å²) in [4.78, 5) is 8.13. The van der Waals surface area contributed by atoms with Crippen LogP contribution in [0.3, 0.4) is 0 Å². The molecule has 0 fully saturated rings. The molecule has 0 aliphatic rings. The first-order chi connectivity index (χ1) is 11.0. The molecule has 116 valence electrons. The van der Waals surface area contributed by atoms with Gasteiger partial charge in [-0.15, -0.1) is 0 Å². The van der Waals surface area contributed by atoms with E-state index in [4.69, 9.17) is 17.3 Å². The number of hydrogen-bond acceptors (Lipinski definition) is 4. The molecule has 3 aromatic rings. The highest BCUT2D eigenvalue weighted by atomic mass is 35.5. The number of aromatic nitrogens is 3. The molecule has 0 spiro atoms. The standard InChI is InChI=1S/C17H16ClN5/c1-10(2)7-13-11(8-19)3-4-14-12(13)5-6-23(14)17-15(18)16(20)21-9-22-17/h3-6,9-10H,7H2,1-2H3,(H2,20,21,22). The lowest BCUT2D eigenvalue weighted by molar-refractivity contribution is 0.649. The Hall–Kier alpha value is -2.58. The lowest BCUT2D eigenvalue weighted by atomic mass is 9.95. The van der Waals surface area contributed by atoms with Gasteiger partial charge in [-0.3, -0.25) is 4.57 Å². The summed E-state index contributed by atoms with van der Waals surface area (Å²) in [6.07, 6.45) is 4.12. The number of anilines is 1. The largest absolute Gasteiger partial charge is 0.382 e. The molecule has 23 heavy (non-hydrogen) atoms. The summed E-state index contributed by atoms with van der Waals surface area (Å²) in [5.74, 6) is 1.23. The molecule has 0 atom stereocenters. The smallest absolute Gasteiger partial charge is 0.161 e. The molecule has 3 rings (SSSR count). The van der Waals surface area contributed by atoms with Gasteiger partial charge in [0, 0.05) is 11.6 Å². The zero-order valence-corrected chi connectivity index (χ0v) is 13.7. The summed E-state index contributed by atoms with van der Waals surface area (Å²) < 4.78 is 1.88. The highest BCUT2D eigenvalue weighted by Gasteiger charge is 2.15. The lowest BCUT2D eigenvalue weighted by Gasteiger charge is -2.11. The third-order valence-electron chi connectivity index (χ3n) is 3.74. The van der Waals surface area contributed by atoms with E-state index >= 15 is 0 Å². The van der Waals surface area contributed by atoms with Crippen LogP contribution in [-0.2, 0) is 6.42 Å². The van der Waals surface area contributed by atoms with Crippen LogP contribution in [0.25, 0.3) is 16.7 Å². The summed E-state index contributed by atoms with van der Waals surface area (Å²) in [7, 11) is 0. The Kier molecular flexibility index (Phi) is 3.93. The second-order valence-electron chi connectivity index (χ2n) is 5.82. The van der Waals surface area contributed by atoms with Crippen molar-refractivity contribution in [3.8, 4) is 11.9 Å². The van der Waals surface area contributed by atoms with Gasteiger partial charge in [-0.25, -0.2) is 9.97 Å². The first-order valence-corrected chi connectivity index (χ1v) is 7.70. The normalized spacial score (nSPS) is 11.1. The molecule has 0 aliphatic carbocycles. The van der Waals surface area contributed by atoms with Crippen LogP contribution in [0, 0.1) is 17.2 Å². The van der Waals surface area contributed by atoms with Gasteiger partial charge in [0.1, 0.15) is 17.2 Å². The van der Waals surface area contributed by atoms with E-state index in [0.29, 0.717) is 22.3 Å². The first-order valence-electron chi connectivity index (χ1n) is 7.32. The molecule has 2 N–H and O–H groups in total. The zero-order valence-electron chi connectivity index (χ0n) is 12.9. The third kappa shape index (κ3) is 2.62. The number of nitrogens with two attached hydrogens (primary N) is 1. The van der Waals surface area contributed by atoms with E-state index in [1.807, 2.05) is 29.0 Å². The third-order valence-corrected chi connectivity index (χ3v) is 4.11. The van der Waals surface area contributed by atoms with E-state index in [9.17, 15) is 5.26 Å². The summed E-state index contributed by atoms with van der Waals surface area (Å²) >= 11 is 6.24. The molecule has 2 heterocycles. The van der Waals surface area contributed by atoms with E-state index in [1.54, 1.807) is 0 Å². The Bertz CT molecular complexity index is 921. The molecule has 0 unspecified atom stereocenters. The molecule has 6 heteroatoms. The van der Waals surface area contributed by atoms with Crippen molar-refractivity contribution in [1.29, 1.82) is 5.26 Å². The molecule has 2 aromatic heterocycles. The molecule has 0 aliphatic heterocycles. The quantitative estimate of drug-likeness (QED) is 0.795. The molecule has 0 amide bonds. The van der Waals surface area contributed by atoms with Crippen molar-refractivity contribution in [1.82, 2.24) is 14.5 Å². The van der Waals surface area contributed by atoms with Crippen molar-refractivity contribution in [2.75, 3.05) is 5.73 Å².